The van der Waals surface area contributed by atoms with Crippen LogP contribution in [0.15, 0.2) is 55.0 Å². The lowest BCUT2D eigenvalue weighted by Crippen LogP contribution is -2.50. The van der Waals surface area contributed by atoms with Crippen molar-refractivity contribution >= 4 is 5.91 Å². The third-order valence-corrected chi connectivity index (χ3v) is 5.61. The fourth-order valence-corrected chi connectivity index (χ4v) is 3.88. The average Bonchev–Trinajstić information content (AvgIpc) is 3.32. The maximum Gasteiger partial charge on any atom is 0.417 e. The molecule has 0 spiro atoms. The van der Waals surface area contributed by atoms with Crippen molar-refractivity contribution in [2.75, 3.05) is 13.2 Å². The van der Waals surface area contributed by atoms with Gasteiger partial charge in [0, 0.05) is 18.8 Å². The highest BCUT2D eigenvalue weighted by atomic mass is 19.4. The van der Waals surface area contributed by atoms with Gasteiger partial charge in [-0.2, -0.15) is 28.2 Å². The normalized spacial score (nSPS) is 19.1. The molecule has 1 saturated heterocycles. The lowest BCUT2D eigenvalue weighted by molar-refractivity contribution is -0.137. The van der Waals surface area contributed by atoms with Gasteiger partial charge in [-0.1, -0.05) is 19.1 Å². The number of aromatic nitrogens is 4. The Labute approximate surface area is 182 Å². The van der Waals surface area contributed by atoms with Crippen molar-refractivity contribution in [3.63, 3.8) is 0 Å². The first-order valence-corrected chi connectivity index (χ1v) is 10.3. The second-order valence-electron chi connectivity index (χ2n) is 7.71. The zero-order valence-electron chi connectivity index (χ0n) is 17.4. The standard InChI is InChI=1S/C22H22F3N5O2/c1-15-5-4-12-29(19(15)14-32-20-9-8-16(13-26-20)22(23,24)25)21(31)17-6-2-3-7-18(17)30-27-10-11-28-30/h2-3,6-11,13,15,19H,4-5,12,14H2,1H3. The Hall–Kier alpha value is -3.43. The number of ether oxygens (including phenoxy) is 1. The Morgan fingerprint density at radius 2 is 1.91 bits per heavy atom. The van der Waals surface area contributed by atoms with E-state index < -0.39 is 11.7 Å². The predicted octanol–water partition coefficient (Wildman–Crippen LogP) is 4.00. The molecule has 4 rings (SSSR count). The summed E-state index contributed by atoms with van der Waals surface area (Å²) in [7, 11) is 0. The summed E-state index contributed by atoms with van der Waals surface area (Å²) in [4.78, 5) is 20.4. The summed E-state index contributed by atoms with van der Waals surface area (Å²) in [6.07, 6.45) is 1.14. The molecule has 0 aliphatic carbocycles. The summed E-state index contributed by atoms with van der Waals surface area (Å²) in [5, 5.41) is 8.26. The van der Waals surface area contributed by atoms with E-state index in [1.54, 1.807) is 23.1 Å². The van der Waals surface area contributed by atoms with E-state index in [0.717, 1.165) is 25.1 Å². The van der Waals surface area contributed by atoms with Gasteiger partial charge in [-0.3, -0.25) is 4.79 Å². The van der Waals surface area contributed by atoms with Gasteiger partial charge < -0.3 is 9.64 Å². The third-order valence-electron chi connectivity index (χ3n) is 5.61. The van der Waals surface area contributed by atoms with Crippen LogP contribution in [0, 0.1) is 5.92 Å². The number of likely N-dealkylation sites (tertiary alicyclic amines) is 1. The highest BCUT2D eigenvalue weighted by Gasteiger charge is 2.34. The minimum atomic E-state index is -4.45. The van der Waals surface area contributed by atoms with E-state index >= 15 is 0 Å². The monoisotopic (exact) mass is 445 g/mol. The van der Waals surface area contributed by atoms with Gasteiger partial charge in [0.25, 0.3) is 5.91 Å². The Kier molecular flexibility index (Phi) is 6.11. The van der Waals surface area contributed by atoms with Crippen LogP contribution in [-0.2, 0) is 6.18 Å². The molecular formula is C22H22F3N5O2. The van der Waals surface area contributed by atoms with Gasteiger partial charge >= 0.3 is 6.18 Å². The number of nitrogens with zero attached hydrogens (tertiary/aromatic N) is 5. The molecule has 0 bridgehead atoms. The molecule has 168 valence electrons. The number of hydrogen-bond donors (Lipinski definition) is 0. The van der Waals surface area contributed by atoms with Crippen LogP contribution < -0.4 is 4.74 Å². The zero-order valence-corrected chi connectivity index (χ0v) is 17.4. The Balaban J connectivity index is 1.53. The minimum Gasteiger partial charge on any atom is -0.475 e. The van der Waals surface area contributed by atoms with Crippen LogP contribution in [0.4, 0.5) is 13.2 Å². The maximum atomic E-state index is 13.5. The van der Waals surface area contributed by atoms with E-state index in [9.17, 15) is 18.0 Å². The molecule has 1 fully saturated rings. The van der Waals surface area contributed by atoms with E-state index in [2.05, 4.69) is 15.2 Å². The molecule has 1 aliphatic heterocycles. The number of hydrogen-bond acceptors (Lipinski definition) is 5. The number of carbonyl (C=O) groups is 1. The minimum absolute atomic E-state index is 0.0873. The van der Waals surface area contributed by atoms with Gasteiger partial charge in [-0.05, 0) is 37.0 Å². The first-order chi connectivity index (χ1) is 15.3. The zero-order chi connectivity index (χ0) is 22.7. The molecular weight excluding hydrogens is 423 g/mol. The second-order valence-corrected chi connectivity index (χ2v) is 7.71. The molecule has 2 aromatic heterocycles. The SMILES string of the molecule is CC1CCCN(C(=O)c2ccccc2-n2nccn2)C1COc1ccc(C(F)(F)F)cn1. The lowest BCUT2D eigenvalue weighted by Gasteiger charge is -2.40. The van der Waals surface area contributed by atoms with Crippen LogP contribution in [0.1, 0.15) is 35.7 Å². The molecule has 10 heteroatoms. The summed E-state index contributed by atoms with van der Waals surface area (Å²) in [6.45, 7) is 2.72. The van der Waals surface area contributed by atoms with Gasteiger partial charge in [0.15, 0.2) is 0 Å². The number of carbonyl (C=O) groups excluding carboxylic acids is 1. The number of halogens is 3. The summed E-state index contributed by atoms with van der Waals surface area (Å²) in [5.41, 5.74) is 0.205. The highest BCUT2D eigenvalue weighted by Crippen LogP contribution is 2.30. The van der Waals surface area contributed by atoms with Crippen molar-refractivity contribution in [1.82, 2.24) is 24.9 Å². The van der Waals surface area contributed by atoms with Crippen molar-refractivity contribution in [2.45, 2.75) is 32.0 Å². The lowest BCUT2D eigenvalue weighted by atomic mass is 9.90. The van der Waals surface area contributed by atoms with Gasteiger partial charge in [0.1, 0.15) is 6.61 Å². The molecule has 2 unspecified atom stereocenters. The molecule has 0 saturated carbocycles. The number of benzene rings is 1. The average molecular weight is 445 g/mol. The molecule has 0 radical (unpaired) electrons. The largest absolute Gasteiger partial charge is 0.475 e. The molecule has 32 heavy (non-hydrogen) atoms. The van der Waals surface area contributed by atoms with E-state index in [0.29, 0.717) is 17.8 Å². The van der Waals surface area contributed by atoms with E-state index in [1.165, 1.54) is 23.3 Å². The Morgan fingerprint density at radius 1 is 1.16 bits per heavy atom. The smallest absolute Gasteiger partial charge is 0.417 e. The van der Waals surface area contributed by atoms with Gasteiger partial charge in [-0.15, -0.1) is 0 Å². The number of para-hydroxylation sites is 1. The fraction of sp³-hybridized carbons (Fsp3) is 0.364. The quantitative estimate of drug-likeness (QED) is 0.594. The first-order valence-electron chi connectivity index (χ1n) is 10.3. The first kappa shape index (κ1) is 21.8. The molecule has 1 amide bonds. The van der Waals surface area contributed by atoms with Crippen molar-refractivity contribution in [2.24, 2.45) is 5.92 Å². The number of pyridine rings is 1. The van der Waals surface area contributed by atoms with Gasteiger partial charge in [0.05, 0.1) is 35.2 Å². The molecule has 3 heterocycles. The van der Waals surface area contributed by atoms with Crippen LogP contribution in [-0.4, -0.2) is 50.0 Å². The topological polar surface area (TPSA) is 73.1 Å². The molecule has 0 N–H and O–H groups in total. The number of alkyl halides is 3. The molecule has 3 aromatic rings. The van der Waals surface area contributed by atoms with E-state index in [1.807, 2.05) is 13.0 Å². The van der Waals surface area contributed by atoms with Crippen molar-refractivity contribution < 1.29 is 22.7 Å². The fourth-order valence-electron chi connectivity index (χ4n) is 3.88. The second kappa shape index (κ2) is 8.97. The summed E-state index contributed by atoms with van der Waals surface area (Å²) < 4.78 is 43.9. The van der Waals surface area contributed by atoms with E-state index in [-0.39, 0.29) is 30.4 Å². The van der Waals surface area contributed by atoms with Crippen molar-refractivity contribution in [3.8, 4) is 11.6 Å². The van der Waals surface area contributed by atoms with Crippen LogP contribution in [0.25, 0.3) is 5.69 Å². The van der Waals surface area contributed by atoms with Gasteiger partial charge in [-0.25, -0.2) is 4.98 Å². The molecule has 1 aromatic carbocycles. The Bertz CT molecular complexity index is 1050. The number of rotatable bonds is 5. The number of amides is 1. The van der Waals surface area contributed by atoms with Crippen LogP contribution in [0.2, 0.25) is 0 Å². The van der Waals surface area contributed by atoms with Crippen molar-refractivity contribution in [3.05, 3.63) is 66.1 Å². The summed E-state index contributed by atoms with van der Waals surface area (Å²) >= 11 is 0. The highest BCUT2D eigenvalue weighted by molar-refractivity contribution is 5.98. The molecule has 2 atom stereocenters. The third kappa shape index (κ3) is 4.58. The molecule has 1 aliphatic rings. The molecule has 7 nitrogen and oxygen atoms in total. The van der Waals surface area contributed by atoms with Crippen LogP contribution in [0.3, 0.4) is 0 Å². The number of piperidine rings is 1. The Morgan fingerprint density at radius 3 is 2.59 bits per heavy atom. The maximum absolute atomic E-state index is 13.5. The summed E-state index contributed by atoms with van der Waals surface area (Å²) in [6, 6.07) is 8.98. The summed E-state index contributed by atoms with van der Waals surface area (Å²) in [5.74, 6) is 0.0693. The van der Waals surface area contributed by atoms with Gasteiger partial charge in [0.2, 0.25) is 5.88 Å². The van der Waals surface area contributed by atoms with Crippen molar-refractivity contribution in [1.29, 1.82) is 0 Å². The van der Waals surface area contributed by atoms with E-state index in [4.69, 9.17) is 4.74 Å². The van der Waals surface area contributed by atoms with Crippen LogP contribution in [0.5, 0.6) is 5.88 Å². The predicted molar refractivity (Wildman–Crippen MR) is 109 cm³/mol. The van der Waals surface area contributed by atoms with Crippen LogP contribution >= 0.6 is 0 Å².